The van der Waals surface area contributed by atoms with Crippen molar-refractivity contribution in [3.63, 3.8) is 0 Å². The molecule has 0 amide bonds. The molecule has 4 aromatic rings. The Kier molecular flexibility index (Phi) is 5.54. The van der Waals surface area contributed by atoms with Gasteiger partial charge in [-0.3, -0.25) is 5.43 Å². The summed E-state index contributed by atoms with van der Waals surface area (Å²) >= 11 is 1.42. The van der Waals surface area contributed by atoms with Crippen LogP contribution in [-0.4, -0.2) is 27.9 Å². The molecule has 0 aliphatic heterocycles. The van der Waals surface area contributed by atoms with Gasteiger partial charge in [0.15, 0.2) is 5.82 Å². The first-order chi connectivity index (χ1) is 14.7. The molecular formula is C22H17N5O2S. The SMILES string of the molecule is CCOc1ccccc1-c1sc2c(N/N=C/c3ccc(O)cc3)ncnc2c1C#N. The Morgan fingerprint density at radius 2 is 2.00 bits per heavy atom. The Morgan fingerprint density at radius 1 is 1.20 bits per heavy atom. The number of aromatic nitrogens is 2. The second kappa shape index (κ2) is 8.59. The van der Waals surface area contributed by atoms with Crippen molar-refractivity contribution in [3.05, 3.63) is 66.0 Å². The Morgan fingerprint density at radius 3 is 2.77 bits per heavy atom. The highest BCUT2D eigenvalue weighted by Crippen LogP contribution is 2.43. The summed E-state index contributed by atoms with van der Waals surface area (Å²) in [5.41, 5.74) is 5.65. The van der Waals surface area contributed by atoms with Crippen molar-refractivity contribution in [2.24, 2.45) is 5.10 Å². The van der Waals surface area contributed by atoms with E-state index in [9.17, 15) is 10.4 Å². The minimum Gasteiger partial charge on any atom is -0.508 e. The number of rotatable bonds is 6. The van der Waals surface area contributed by atoms with E-state index in [0.717, 1.165) is 26.5 Å². The Hall–Kier alpha value is -3.96. The fourth-order valence-electron chi connectivity index (χ4n) is 2.95. The maximum absolute atomic E-state index is 9.81. The number of para-hydroxylation sites is 1. The van der Waals surface area contributed by atoms with Crippen LogP contribution in [0, 0.1) is 11.3 Å². The van der Waals surface area contributed by atoms with Gasteiger partial charge in [-0.2, -0.15) is 10.4 Å². The molecule has 0 saturated heterocycles. The molecule has 2 aromatic carbocycles. The van der Waals surface area contributed by atoms with Crippen LogP contribution in [-0.2, 0) is 0 Å². The number of nitrogens with one attached hydrogen (secondary N) is 1. The van der Waals surface area contributed by atoms with E-state index in [1.807, 2.05) is 31.2 Å². The Balaban J connectivity index is 1.74. The summed E-state index contributed by atoms with van der Waals surface area (Å²) < 4.78 is 6.48. The number of nitrogens with zero attached hydrogens (tertiary/aromatic N) is 4. The van der Waals surface area contributed by atoms with Crippen LogP contribution < -0.4 is 10.2 Å². The van der Waals surface area contributed by atoms with E-state index in [-0.39, 0.29) is 5.75 Å². The van der Waals surface area contributed by atoms with Gasteiger partial charge < -0.3 is 9.84 Å². The molecular weight excluding hydrogens is 398 g/mol. The van der Waals surface area contributed by atoms with Gasteiger partial charge in [0, 0.05) is 5.56 Å². The average Bonchev–Trinajstić information content (AvgIpc) is 3.15. The first-order valence-corrected chi connectivity index (χ1v) is 10.0. The number of phenols is 1. The summed E-state index contributed by atoms with van der Waals surface area (Å²) in [4.78, 5) is 9.39. The van der Waals surface area contributed by atoms with Crippen LogP contribution in [0.4, 0.5) is 5.82 Å². The van der Waals surface area contributed by atoms with Crippen LogP contribution in [0.2, 0.25) is 0 Å². The van der Waals surface area contributed by atoms with E-state index in [2.05, 4.69) is 26.6 Å². The maximum atomic E-state index is 9.81. The molecule has 8 heteroatoms. The van der Waals surface area contributed by atoms with Crippen molar-refractivity contribution in [2.75, 3.05) is 12.0 Å². The molecule has 2 aromatic heterocycles. The lowest BCUT2D eigenvalue weighted by molar-refractivity contribution is 0.341. The lowest BCUT2D eigenvalue weighted by Crippen LogP contribution is -1.94. The molecule has 0 fully saturated rings. The van der Waals surface area contributed by atoms with Crippen molar-refractivity contribution in [2.45, 2.75) is 6.92 Å². The highest BCUT2D eigenvalue weighted by Gasteiger charge is 2.20. The third kappa shape index (κ3) is 3.79. The van der Waals surface area contributed by atoms with Crippen molar-refractivity contribution < 1.29 is 9.84 Å². The van der Waals surface area contributed by atoms with Gasteiger partial charge in [-0.1, -0.05) is 12.1 Å². The predicted molar refractivity (Wildman–Crippen MR) is 118 cm³/mol. The topological polar surface area (TPSA) is 103 Å². The summed E-state index contributed by atoms with van der Waals surface area (Å²) in [6.45, 7) is 2.45. The largest absolute Gasteiger partial charge is 0.508 e. The molecule has 2 heterocycles. The molecule has 0 radical (unpaired) electrons. The molecule has 2 N–H and O–H groups in total. The van der Waals surface area contributed by atoms with Crippen LogP contribution in [0.5, 0.6) is 11.5 Å². The predicted octanol–water partition coefficient (Wildman–Crippen LogP) is 4.78. The number of ether oxygens (including phenoxy) is 1. The molecule has 0 bridgehead atoms. The van der Waals surface area contributed by atoms with Crippen molar-refractivity contribution >= 4 is 33.6 Å². The molecule has 0 spiro atoms. The summed E-state index contributed by atoms with van der Waals surface area (Å²) in [5, 5.41) is 23.4. The summed E-state index contributed by atoms with van der Waals surface area (Å²) in [7, 11) is 0. The number of fused-ring (bicyclic) bond motifs is 1. The first kappa shape index (κ1) is 19.4. The fourth-order valence-corrected chi connectivity index (χ4v) is 4.12. The minimum absolute atomic E-state index is 0.195. The van der Waals surface area contributed by atoms with Crippen molar-refractivity contribution in [1.29, 1.82) is 5.26 Å². The zero-order chi connectivity index (χ0) is 20.9. The molecule has 0 unspecified atom stereocenters. The first-order valence-electron chi connectivity index (χ1n) is 9.19. The molecule has 0 saturated carbocycles. The van der Waals surface area contributed by atoms with E-state index in [1.54, 1.807) is 30.5 Å². The van der Waals surface area contributed by atoms with E-state index in [0.29, 0.717) is 23.5 Å². The van der Waals surface area contributed by atoms with E-state index < -0.39 is 0 Å². The smallest absolute Gasteiger partial charge is 0.167 e. The monoisotopic (exact) mass is 415 g/mol. The fraction of sp³-hybridized carbons (Fsp3) is 0.0909. The maximum Gasteiger partial charge on any atom is 0.167 e. The number of anilines is 1. The lowest BCUT2D eigenvalue weighted by atomic mass is 10.1. The third-order valence-electron chi connectivity index (χ3n) is 4.29. The highest BCUT2D eigenvalue weighted by molar-refractivity contribution is 7.23. The van der Waals surface area contributed by atoms with Gasteiger partial charge in [0.2, 0.25) is 0 Å². The molecule has 0 atom stereocenters. The van der Waals surface area contributed by atoms with Crippen LogP contribution in [0.25, 0.3) is 20.7 Å². The van der Waals surface area contributed by atoms with Gasteiger partial charge in [0.05, 0.1) is 28.0 Å². The number of hydrazone groups is 1. The zero-order valence-corrected chi connectivity index (χ0v) is 16.8. The second-order valence-corrected chi connectivity index (χ2v) is 7.23. The van der Waals surface area contributed by atoms with Crippen molar-refractivity contribution in [3.8, 4) is 28.0 Å². The lowest BCUT2D eigenvalue weighted by Gasteiger charge is -2.08. The molecule has 4 rings (SSSR count). The standard InChI is InChI=1S/C22H17N5O2S/c1-2-29-18-6-4-3-5-16(18)20-17(11-23)19-21(30-20)22(25-13-24-19)27-26-12-14-7-9-15(28)10-8-14/h3-10,12-13,28H,2H2,1H3,(H,24,25,27)/b26-12+. The highest BCUT2D eigenvalue weighted by atomic mass is 32.1. The summed E-state index contributed by atoms with van der Waals surface area (Å²) in [5.74, 6) is 1.42. The van der Waals surface area contributed by atoms with Gasteiger partial charge in [0.1, 0.15) is 29.4 Å². The van der Waals surface area contributed by atoms with Gasteiger partial charge >= 0.3 is 0 Å². The average molecular weight is 415 g/mol. The van der Waals surface area contributed by atoms with Crippen LogP contribution >= 0.6 is 11.3 Å². The zero-order valence-electron chi connectivity index (χ0n) is 16.0. The van der Waals surface area contributed by atoms with E-state index >= 15 is 0 Å². The van der Waals surface area contributed by atoms with Gasteiger partial charge in [0.25, 0.3) is 0 Å². The summed E-state index contributed by atoms with van der Waals surface area (Å²) in [6, 6.07) is 16.6. The number of hydrogen-bond donors (Lipinski definition) is 2. The van der Waals surface area contributed by atoms with E-state index in [1.165, 1.54) is 17.7 Å². The number of benzene rings is 2. The molecule has 148 valence electrons. The Bertz CT molecular complexity index is 1260. The third-order valence-corrected chi connectivity index (χ3v) is 5.51. The number of hydrogen-bond acceptors (Lipinski definition) is 8. The Labute approximate surface area is 176 Å². The van der Waals surface area contributed by atoms with E-state index in [4.69, 9.17) is 4.74 Å². The molecule has 0 aliphatic rings. The quantitative estimate of drug-likeness (QED) is 0.347. The van der Waals surface area contributed by atoms with Gasteiger partial charge in [-0.05, 0) is 48.9 Å². The normalized spacial score (nSPS) is 10.9. The second-order valence-electron chi connectivity index (χ2n) is 6.21. The van der Waals surface area contributed by atoms with Gasteiger partial charge in [-0.25, -0.2) is 9.97 Å². The number of thiophene rings is 1. The minimum atomic E-state index is 0.195. The number of nitriles is 1. The van der Waals surface area contributed by atoms with Crippen LogP contribution in [0.3, 0.4) is 0 Å². The number of phenolic OH excluding ortho intramolecular Hbond substituents is 1. The molecule has 30 heavy (non-hydrogen) atoms. The van der Waals surface area contributed by atoms with Crippen molar-refractivity contribution in [1.82, 2.24) is 9.97 Å². The van der Waals surface area contributed by atoms with Gasteiger partial charge in [-0.15, -0.1) is 11.3 Å². The molecule has 0 aliphatic carbocycles. The molecule has 7 nitrogen and oxygen atoms in total. The van der Waals surface area contributed by atoms with Crippen LogP contribution in [0.15, 0.2) is 60.0 Å². The summed E-state index contributed by atoms with van der Waals surface area (Å²) in [6.07, 6.45) is 3.03. The number of aromatic hydroxyl groups is 1. The van der Waals surface area contributed by atoms with Crippen LogP contribution in [0.1, 0.15) is 18.1 Å².